The van der Waals surface area contributed by atoms with Gasteiger partial charge in [-0.3, -0.25) is 4.79 Å². The standard InChI is InChI=1S/C19H17N5OS3/c1-26-18-21-17-15(12-8-5-9-13(12)28-17)16-22-23-19(24(16)18)27-10-14(25)20-11-6-3-2-4-7-11/h2-4,6-7H,5,8-10H2,1H3,(H,20,25). The second-order valence-corrected chi connectivity index (χ2v) is 9.28. The van der Waals surface area contributed by atoms with Gasteiger partial charge in [-0.15, -0.1) is 21.5 Å². The van der Waals surface area contributed by atoms with Crippen LogP contribution in [0.25, 0.3) is 15.9 Å². The van der Waals surface area contributed by atoms with E-state index in [9.17, 15) is 4.79 Å². The molecule has 6 nitrogen and oxygen atoms in total. The summed E-state index contributed by atoms with van der Waals surface area (Å²) in [6.45, 7) is 0. The van der Waals surface area contributed by atoms with Gasteiger partial charge < -0.3 is 5.32 Å². The largest absolute Gasteiger partial charge is 0.325 e. The summed E-state index contributed by atoms with van der Waals surface area (Å²) in [5.41, 5.74) is 3.04. The van der Waals surface area contributed by atoms with Crippen molar-refractivity contribution in [3.8, 4) is 0 Å². The van der Waals surface area contributed by atoms with Crippen molar-refractivity contribution in [2.24, 2.45) is 0 Å². The Morgan fingerprint density at radius 1 is 1.21 bits per heavy atom. The first-order valence-electron chi connectivity index (χ1n) is 8.95. The molecule has 142 valence electrons. The molecule has 1 aliphatic carbocycles. The highest BCUT2D eigenvalue weighted by Gasteiger charge is 2.24. The van der Waals surface area contributed by atoms with Gasteiger partial charge in [-0.1, -0.05) is 41.7 Å². The first kappa shape index (κ1) is 18.0. The van der Waals surface area contributed by atoms with Crippen molar-refractivity contribution in [3.63, 3.8) is 0 Å². The molecule has 0 radical (unpaired) electrons. The van der Waals surface area contributed by atoms with Gasteiger partial charge in [-0.2, -0.15) is 0 Å². The number of fused-ring (bicyclic) bond motifs is 5. The zero-order chi connectivity index (χ0) is 19.1. The van der Waals surface area contributed by atoms with Crippen LogP contribution in [-0.2, 0) is 17.6 Å². The Bertz CT molecular complexity index is 1180. The van der Waals surface area contributed by atoms with E-state index >= 15 is 0 Å². The van der Waals surface area contributed by atoms with Crippen LogP contribution in [0.15, 0.2) is 40.6 Å². The Balaban J connectivity index is 1.47. The number of nitrogens with zero attached hydrogens (tertiary/aromatic N) is 4. The van der Waals surface area contributed by atoms with Crippen LogP contribution in [0, 0.1) is 0 Å². The maximum Gasteiger partial charge on any atom is 0.234 e. The first-order chi connectivity index (χ1) is 13.7. The molecule has 4 aromatic rings. The van der Waals surface area contributed by atoms with E-state index < -0.39 is 0 Å². The Kier molecular flexibility index (Phi) is 4.73. The number of hydrogen-bond donors (Lipinski definition) is 1. The van der Waals surface area contributed by atoms with Crippen molar-refractivity contribution in [2.45, 2.75) is 29.6 Å². The van der Waals surface area contributed by atoms with Crippen molar-refractivity contribution in [2.75, 3.05) is 17.3 Å². The Morgan fingerprint density at radius 3 is 2.89 bits per heavy atom. The summed E-state index contributed by atoms with van der Waals surface area (Å²) in [6.07, 6.45) is 5.42. The van der Waals surface area contributed by atoms with E-state index in [1.54, 1.807) is 23.1 Å². The van der Waals surface area contributed by atoms with Crippen LogP contribution in [-0.4, -0.2) is 37.5 Å². The summed E-state index contributed by atoms with van der Waals surface area (Å²) in [4.78, 5) is 19.7. The summed E-state index contributed by atoms with van der Waals surface area (Å²) in [5, 5.41) is 14.5. The van der Waals surface area contributed by atoms with Crippen LogP contribution in [0.3, 0.4) is 0 Å². The van der Waals surface area contributed by atoms with E-state index in [0.29, 0.717) is 5.16 Å². The average molecular weight is 428 g/mol. The number of thiophene rings is 1. The molecule has 3 aromatic heterocycles. The SMILES string of the molecule is CSc1nc2sc3c(c2c2nnc(SCC(=O)Nc4ccccc4)n12)CCC3. The molecule has 1 aliphatic rings. The summed E-state index contributed by atoms with van der Waals surface area (Å²) < 4.78 is 2.00. The van der Waals surface area contributed by atoms with Gasteiger partial charge in [0, 0.05) is 10.6 Å². The van der Waals surface area contributed by atoms with E-state index in [1.165, 1.54) is 28.6 Å². The van der Waals surface area contributed by atoms with Gasteiger partial charge >= 0.3 is 0 Å². The number of aryl methyl sites for hydroxylation is 2. The molecule has 3 heterocycles. The van der Waals surface area contributed by atoms with Gasteiger partial charge in [-0.05, 0) is 43.2 Å². The predicted octanol–water partition coefficient (Wildman–Crippen LogP) is 4.28. The smallest absolute Gasteiger partial charge is 0.234 e. The number of amides is 1. The van der Waals surface area contributed by atoms with E-state index in [4.69, 9.17) is 4.98 Å². The number of carbonyl (C=O) groups is 1. The van der Waals surface area contributed by atoms with E-state index in [2.05, 4.69) is 15.5 Å². The minimum absolute atomic E-state index is 0.0656. The third-order valence-corrected chi connectivity index (χ3v) is 7.47. The molecule has 0 atom stereocenters. The molecule has 0 spiro atoms. The van der Waals surface area contributed by atoms with Crippen molar-refractivity contribution >= 4 is 62.3 Å². The molecule has 5 rings (SSSR count). The van der Waals surface area contributed by atoms with Gasteiger partial charge in [0.15, 0.2) is 16.0 Å². The quantitative estimate of drug-likeness (QED) is 0.379. The molecule has 1 aromatic carbocycles. The fraction of sp³-hybridized carbons (Fsp3) is 0.263. The van der Waals surface area contributed by atoms with Crippen LogP contribution in [0.2, 0.25) is 0 Å². The second-order valence-electron chi connectivity index (χ2n) is 6.48. The number of nitrogens with one attached hydrogen (secondary N) is 1. The van der Waals surface area contributed by atoms with E-state index in [1.807, 2.05) is 41.0 Å². The topological polar surface area (TPSA) is 72.2 Å². The van der Waals surface area contributed by atoms with Crippen LogP contribution in [0.1, 0.15) is 16.9 Å². The normalized spacial score (nSPS) is 13.3. The fourth-order valence-corrected chi connectivity index (χ4v) is 6.16. The van der Waals surface area contributed by atoms with Crippen LogP contribution in [0.4, 0.5) is 5.69 Å². The highest BCUT2D eigenvalue weighted by Crippen LogP contribution is 2.40. The summed E-state index contributed by atoms with van der Waals surface area (Å²) in [6, 6.07) is 9.47. The summed E-state index contributed by atoms with van der Waals surface area (Å²) >= 11 is 4.74. The van der Waals surface area contributed by atoms with Gasteiger partial charge in [0.2, 0.25) is 5.91 Å². The molecule has 0 unspecified atom stereocenters. The van der Waals surface area contributed by atoms with Crippen molar-refractivity contribution in [1.29, 1.82) is 0 Å². The zero-order valence-corrected chi connectivity index (χ0v) is 17.6. The maximum absolute atomic E-state index is 12.3. The average Bonchev–Trinajstić information content (AvgIpc) is 3.40. The lowest BCUT2D eigenvalue weighted by molar-refractivity contribution is -0.113. The molecule has 28 heavy (non-hydrogen) atoms. The molecule has 0 saturated carbocycles. The van der Waals surface area contributed by atoms with Gasteiger partial charge in [0.05, 0.1) is 11.1 Å². The molecular formula is C19H17N5OS3. The fourth-order valence-electron chi connectivity index (χ4n) is 3.52. The summed E-state index contributed by atoms with van der Waals surface area (Å²) in [7, 11) is 0. The number of hydrogen-bond acceptors (Lipinski definition) is 7. The number of rotatable bonds is 5. The van der Waals surface area contributed by atoms with Crippen LogP contribution in [0.5, 0.6) is 0 Å². The Hall–Kier alpha value is -2.10. The lowest BCUT2D eigenvalue weighted by atomic mass is 10.2. The van der Waals surface area contributed by atoms with E-state index in [0.717, 1.165) is 39.5 Å². The van der Waals surface area contributed by atoms with Gasteiger partial charge in [-0.25, -0.2) is 9.38 Å². The molecule has 1 amide bonds. The van der Waals surface area contributed by atoms with Gasteiger partial charge in [0.1, 0.15) is 4.83 Å². The molecule has 0 bridgehead atoms. The summed E-state index contributed by atoms with van der Waals surface area (Å²) in [5.74, 6) is 0.202. The minimum atomic E-state index is -0.0656. The number of anilines is 1. The highest BCUT2D eigenvalue weighted by atomic mass is 32.2. The van der Waals surface area contributed by atoms with Crippen molar-refractivity contribution < 1.29 is 4.79 Å². The molecular weight excluding hydrogens is 410 g/mol. The lowest BCUT2D eigenvalue weighted by Gasteiger charge is -2.07. The van der Waals surface area contributed by atoms with Crippen LogP contribution >= 0.6 is 34.9 Å². The lowest BCUT2D eigenvalue weighted by Crippen LogP contribution is -2.14. The first-order valence-corrected chi connectivity index (χ1v) is 12.0. The Labute approximate surface area is 174 Å². The zero-order valence-electron chi connectivity index (χ0n) is 15.1. The van der Waals surface area contributed by atoms with E-state index in [-0.39, 0.29) is 11.7 Å². The highest BCUT2D eigenvalue weighted by molar-refractivity contribution is 8.00. The number of carbonyl (C=O) groups excluding carboxylic acids is 1. The second kappa shape index (κ2) is 7.38. The molecule has 1 N–H and O–H groups in total. The third kappa shape index (κ3) is 3.07. The number of thioether (sulfide) groups is 2. The molecule has 0 aliphatic heterocycles. The van der Waals surface area contributed by atoms with Crippen molar-refractivity contribution in [3.05, 3.63) is 40.8 Å². The number of aromatic nitrogens is 4. The number of para-hydroxylation sites is 1. The van der Waals surface area contributed by atoms with Crippen molar-refractivity contribution in [1.82, 2.24) is 19.6 Å². The maximum atomic E-state index is 12.3. The molecule has 0 saturated heterocycles. The third-order valence-electron chi connectivity index (χ3n) is 4.72. The van der Waals surface area contributed by atoms with Gasteiger partial charge in [0.25, 0.3) is 0 Å². The Morgan fingerprint density at radius 2 is 2.07 bits per heavy atom. The number of benzene rings is 1. The molecule has 9 heteroatoms. The minimum Gasteiger partial charge on any atom is -0.325 e. The van der Waals surface area contributed by atoms with Crippen LogP contribution < -0.4 is 5.32 Å². The molecule has 0 fully saturated rings. The predicted molar refractivity (Wildman–Crippen MR) is 116 cm³/mol. The monoisotopic (exact) mass is 427 g/mol.